The van der Waals surface area contributed by atoms with E-state index in [9.17, 15) is 18.0 Å². The molecule has 128 valence electrons. The van der Waals surface area contributed by atoms with E-state index in [0.29, 0.717) is 12.2 Å². The van der Waals surface area contributed by atoms with Crippen LogP contribution in [0.25, 0.3) is 0 Å². The van der Waals surface area contributed by atoms with E-state index in [0.717, 1.165) is 25.0 Å². The summed E-state index contributed by atoms with van der Waals surface area (Å²) in [6.45, 7) is 2.84. The van der Waals surface area contributed by atoms with Crippen LogP contribution >= 0.6 is 0 Å². The lowest BCUT2D eigenvalue weighted by molar-refractivity contribution is -0.137. The van der Waals surface area contributed by atoms with E-state index in [4.69, 9.17) is 4.74 Å². The van der Waals surface area contributed by atoms with Crippen molar-refractivity contribution in [1.82, 2.24) is 10.2 Å². The van der Waals surface area contributed by atoms with Crippen molar-refractivity contribution >= 4 is 6.03 Å². The molecule has 0 radical (unpaired) electrons. The predicted octanol–water partition coefficient (Wildman–Crippen LogP) is 3.41. The Morgan fingerprint density at radius 2 is 2.04 bits per heavy atom. The summed E-state index contributed by atoms with van der Waals surface area (Å²) in [6.07, 6.45) is -2.41. The van der Waals surface area contributed by atoms with Gasteiger partial charge in [0.1, 0.15) is 0 Å². The van der Waals surface area contributed by atoms with E-state index in [1.54, 1.807) is 7.05 Å². The van der Waals surface area contributed by atoms with Crippen LogP contribution in [0.4, 0.5) is 18.0 Å². The number of amides is 2. The van der Waals surface area contributed by atoms with Crippen molar-refractivity contribution in [3.63, 3.8) is 0 Å². The molecule has 0 aliphatic carbocycles. The fourth-order valence-corrected chi connectivity index (χ4v) is 2.54. The van der Waals surface area contributed by atoms with E-state index in [1.807, 2.05) is 6.92 Å². The number of benzene rings is 1. The first-order valence-electron chi connectivity index (χ1n) is 7.57. The Morgan fingerprint density at radius 3 is 2.57 bits per heavy atom. The molecule has 2 rings (SSSR count). The second kappa shape index (κ2) is 7.21. The van der Waals surface area contributed by atoms with Gasteiger partial charge in [0.2, 0.25) is 0 Å². The topological polar surface area (TPSA) is 41.6 Å². The van der Waals surface area contributed by atoms with Crippen molar-refractivity contribution in [3.05, 3.63) is 35.4 Å². The normalized spacial score (nSPS) is 19.4. The SMILES string of the molecule is C[C@@H](NC(=O)N(C)Cc1ccc(C(F)(F)F)cc1)[C@H]1CCCO1. The van der Waals surface area contributed by atoms with Crippen molar-refractivity contribution in [2.24, 2.45) is 0 Å². The molecule has 1 aliphatic heterocycles. The Labute approximate surface area is 133 Å². The lowest BCUT2D eigenvalue weighted by atomic mass is 10.1. The molecular weight excluding hydrogens is 309 g/mol. The first-order valence-corrected chi connectivity index (χ1v) is 7.57. The van der Waals surface area contributed by atoms with Gasteiger partial charge in [0, 0.05) is 20.2 Å². The van der Waals surface area contributed by atoms with Crippen LogP contribution in [0.1, 0.15) is 30.9 Å². The highest BCUT2D eigenvalue weighted by molar-refractivity contribution is 5.74. The standard InChI is InChI=1S/C16H21F3N2O2/c1-11(14-4-3-9-23-14)20-15(22)21(2)10-12-5-7-13(8-6-12)16(17,18)19/h5-8,11,14H,3-4,9-10H2,1-2H3,(H,20,22)/t11-,14-/m1/s1. The van der Waals surface area contributed by atoms with Crippen LogP contribution in [0, 0.1) is 0 Å². The van der Waals surface area contributed by atoms with Crippen LogP contribution in [-0.2, 0) is 17.5 Å². The number of ether oxygens (including phenoxy) is 1. The van der Waals surface area contributed by atoms with Gasteiger partial charge in [0.15, 0.2) is 0 Å². The number of carbonyl (C=O) groups excluding carboxylic acids is 1. The van der Waals surface area contributed by atoms with Crippen molar-refractivity contribution in [2.45, 2.75) is 44.6 Å². The predicted molar refractivity (Wildman–Crippen MR) is 79.9 cm³/mol. The van der Waals surface area contributed by atoms with Gasteiger partial charge in [-0.2, -0.15) is 13.2 Å². The largest absolute Gasteiger partial charge is 0.416 e. The number of urea groups is 1. The second-order valence-electron chi connectivity index (χ2n) is 5.84. The zero-order chi connectivity index (χ0) is 17.0. The Hall–Kier alpha value is -1.76. The van der Waals surface area contributed by atoms with Gasteiger partial charge in [-0.05, 0) is 37.5 Å². The summed E-state index contributed by atoms with van der Waals surface area (Å²) in [5, 5.41) is 2.86. The zero-order valence-corrected chi connectivity index (χ0v) is 13.2. The van der Waals surface area contributed by atoms with E-state index < -0.39 is 11.7 Å². The highest BCUT2D eigenvalue weighted by Crippen LogP contribution is 2.29. The average Bonchev–Trinajstić information content (AvgIpc) is 3.01. The maximum Gasteiger partial charge on any atom is 0.416 e. The molecule has 4 nitrogen and oxygen atoms in total. The Morgan fingerprint density at radius 1 is 1.39 bits per heavy atom. The molecule has 1 saturated heterocycles. The molecule has 1 heterocycles. The van der Waals surface area contributed by atoms with E-state index >= 15 is 0 Å². The number of nitrogens with one attached hydrogen (secondary N) is 1. The molecule has 23 heavy (non-hydrogen) atoms. The number of alkyl halides is 3. The second-order valence-corrected chi connectivity index (χ2v) is 5.84. The smallest absolute Gasteiger partial charge is 0.376 e. The van der Waals surface area contributed by atoms with Gasteiger partial charge in [-0.1, -0.05) is 12.1 Å². The summed E-state index contributed by atoms with van der Waals surface area (Å²) in [5.41, 5.74) is -0.0548. The fraction of sp³-hybridized carbons (Fsp3) is 0.562. The van der Waals surface area contributed by atoms with Crippen LogP contribution in [0.5, 0.6) is 0 Å². The van der Waals surface area contributed by atoms with Crippen LogP contribution in [0.15, 0.2) is 24.3 Å². The van der Waals surface area contributed by atoms with Gasteiger partial charge in [0.05, 0.1) is 17.7 Å². The number of halogens is 3. The molecular formula is C16H21F3N2O2. The third kappa shape index (κ3) is 4.86. The van der Waals surface area contributed by atoms with Crippen LogP contribution in [0.2, 0.25) is 0 Å². The lowest BCUT2D eigenvalue weighted by Crippen LogP contribution is -2.46. The van der Waals surface area contributed by atoms with Gasteiger partial charge >= 0.3 is 12.2 Å². The lowest BCUT2D eigenvalue weighted by Gasteiger charge is -2.24. The van der Waals surface area contributed by atoms with Crippen LogP contribution in [0.3, 0.4) is 0 Å². The van der Waals surface area contributed by atoms with Gasteiger partial charge in [-0.15, -0.1) is 0 Å². The number of carbonyl (C=O) groups is 1. The number of hydrogen-bond donors (Lipinski definition) is 1. The van der Waals surface area contributed by atoms with Crippen molar-refractivity contribution < 1.29 is 22.7 Å². The molecule has 1 fully saturated rings. The molecule has 7 heteroatoms. The monoisotopic (exact) mass is 330 g/mol. The molecule has 2 atom stereocenters. The number of hydrogen-bond acceptors (Lipinski definition) is 2. The molecule has 1 aromatic carbocycles. The Bertz CT molecular complexity index is 525. The third-order valence-corrected chi connectivity index (χ3v) is 3.92. The summed E-state index contributed by atoms with van der Waals surface area (Å²) < 4.78 is 43.1. The Balaban J connectivity index is 1.87. The van der Waals surface area contributed by atoms with Crippen LogP contribution < -0.4 is 5.32 Å². The minimum atomic E-state index is -4.35. The fourth-order valence-electron chi connectivity index (χ4n) is 2.54. The highest BCUT2D eigenvalue weighted by atomic mass is 19.4. The first kappa shape index (κ1) is 17.6. The highest BCUT2D eigenvalue weighted by Gasteiger charge is 2.30. The van der Waals surface area contributed by atoms with Gasteiger partial charge < -0.3 is 15.0 Å². The molecule has 2 amide bonds. The minimum Gasteiger partial charge on any atom is -0.376 e. The molecule has 1 aliphatic rings. The first-order chi connectivity index (χ1) is 10.8. The van der Waals surface area contributed by atoms with Gasteiger partial charge in [-0.3, -0.25) is 0 Å². The molecule has 0 spiro atoms. The van der Waals surface area contributed by atoms with Crippen molar-refractivity contribution in [2.75, 3.05) is 13.7 Å². The van der Waals surface area contributed by atoms with E-state index in [1.165, 1.54) is 17.0 Å². The molecule has 0 bridgehead atoms. The van der Waals surface area contributed by atoms with E-state index in [-0.39, 0.29) is 24.7 Å². The van der Waals surface area contributed by atoms with Gasteiger partial charge in [-0.25, -0.2) is 4.79 Å². The minimum absolute atomic E-state index is 0.0263. The number of rotatable bonds is 4. The Kier molecular flexibility index (Phi) is 5.51. The summed E-state index contributed by atoms with van der Waals surface area (Å²) in [7, 11) is 1.61. The average molecular weight is 330 g/mol. The third-order valence-electron chi connectivity index (χ3n) is 3.92. The molecule has 0 aromatic heterocycles. The van der Waals surface area contributed by atoms with E-state index in [2.05, 4.69) is 5.32 Å². The maximum atomic E-state index is 12.5. The van der Waals surface area contributed by atoms with Crippen molar-refractivity contribution in [3.8, 4) is 0 Å². The quantitative estimate of drug-likeness (QED) is 0.919. The molecule has 0 saturated carbocycles. The zero-order valence-electron chi connectivity index (χ0n) is 13.2. The molecule has 0 unspecified atom stereocenters. The van der Waals surface area contributed by atoms with Gasteiger partial charge in [0.25, 0.3) is 0 Å². The van der Waals surface area contributed by atoms with Crippen LogP contribution in [-0.4, -0.2) is 36.7 Å². The molecule has 1 aromatic rings. The maximum absolute atomic E-state index is 12.5. The van der Waals surface area contributed by atoms with Crippen molar-refractivity contribution in [1.29, 1.82) is 0 Å². The molecule has 1 N–H and O–H groups in total. The summed E-state index contributed by atoms with van der Waals surface area (Å²) in [4.78, 5) is 13.6. The number of nitrogens with zero attached hydrogens (tertiary/aromatic N) is 1. The summed E-state index contributed by atoms with van der Waals surface area (Å²) in [5.74, 6) is 0. The summed E-state index contributed by atoms with van der Waals surface area (Å²) in [6, 6.07) is 4.45. The summed E-state index contributed by atoms with van der Waals surface area (Å²) >= 11 is 0.